The summed E-state index contributed by atoms with van der Waals surface area (Å²) in [7, 11) is 1.77. The van der Waals surface area contributed by atoms with Crippen molar-refractivity contribution in [1.29, 1.82) is 0 Å². The number of aliphatic imine (C=N–C) groups is 1. The summed E-state index contributed by atoms with van der Waals surface area (Å²) in [5, 5.41) is 3.45. The van der Waals surface area contributed by atoms with Crippen molar-refractivity contribution in [3.05, 3.63) is 22.7 Å². The van der Waals surface area contributed by atoms with Crippen molar-refractivity contribution in [1.82, 2.24) is 19.8 Å². The highest BCUT2D eigenvalue weighted by atomic mass is 127. The summed E-state index contributed by atoms with van der Waals surface area (Å²) < 4.78 is 1.59. The molecule has 2 aliphatic rings. The Kier molecular flexibility index (Phi) is 9.71. The summed E-state index contributed by atoms with van der Waals surface area (Å²) in [5.74, 6) is 3.29. The first-order chi connectivity index (χ1) is 13.6. The molecule has 2 heterocycles. The van der Waals surface area contributed by atoms with Crippen LogP contribution < -0.4 is 15.8 Å². The zero-order valence-electron chi connectivity index (χ0n) is 18.1. The van der Waals surface area contributed by atoms with Crippen LogP contribution in [0.5, 0.6) is 0 Å². The van der Waals surface area contributed by atoms with E-state index in [9.17, 15) is 4.79 Å². The first-order valence-electron chi connectivity index (χ1n) is 10.9. The summed E-state index contributed by atoms with van der Waals surface area (Å²) >= 11 is 0. The number of aromatic nitrogens is 2. The molecule has 8 heteroatoms. The van der Waals surface area contributed by atoms with Crippen LogP contribution in [0.25, 0.3) is 0 Å². The van der Waals surface area contributed by atoms with Crippen molar-refractivity contribution >= 4 is 35.8 Å². The van der Waals surface area contributed by atoms with Gasteiger partial charge in [0.2, 0.25) is 0 Å². The van der Waals surface area contributed by atoms with E-state index in [0.29, 0.717) is 5.82 Å². The van der Waals surface area contributed by atoms with Gasteiger partial charge in [0.25, 0.3) is 5.56 Å². The van der Waals surface area contributed by atoms with Crippen molar-refractivity contribution < 1.29 is 0 Å². The third kappa shape index (κ3) is 6.58. The third-order valence-corrected chi connectivity index (χ3v) is 6.06. The van der Waals surface area contributed by atoms with Crippen LogP contribution in [0.4, 0.5) is 5.82 Å². The van der Waals surface area contributed by atoms with Crippen LogP contribution in [-0.4, -0.2) is 59.7 Å². The number of nitrogens with one attached hydrogen (secondary N) is 1. The molecule has 164 valence electrons. The van der Waals surface area contributed by atoms with Gasteiger partial charge in [0.05, 0.1) is 0 Å². The van der Waals surface area contributed by atoms with E-state index < -0.39 is 0 Å². The zero-order valence-corrected chi connectivity index (χ0v) is 20.5. The van der Waals surface area contributed by atoms with Gasteiger partial charge in [0.1, 0.15) is 0 Å². The second-order valence-electron chi connectivity index (χ2n) is 8.30. The normalized spacial score (nSPS) is 22.9. The number of rotatable bonds is 5. The topological polar surface area (TPSA) is 65.8 Å². The van der Waals surface area contributed by atoms with Crippen molar-refractivity contribution in [2.24, 2.45) is 23.9 Å². The Morgan fingerprint density at radius 2 is 2.03 bits per heavy atom. The lowest BCUT2D eigenvalue weighted by Crippen LogP contribution is -2.53. The minimum Gasteiger partial charge on any atom is -0.357 e. The van der Waals surface area contributed by atoms with Crippen LogP contribution in [0.2, 0.25) is 0 Å². The average molecular weight is 516 g/mol. The zero-order chi connectivity index (χ0) is 19.9. The molecule has 0 radical (unpaired) electrons. The van der Waals surface area contributed by atoms with Gasteiger partial charge in [-0.3, -0.25) is 9.79 Å². The molecule has 2 unspecified atom stereocenters. The monoisotopic (exact) mass is 516 g/mol. The van der Waals surface area contributed by atoms with E-state index in [1.54, 1.807) is 24.0 Å². The lowest BCUT2D eigenvalue weighted by molar-refractivity contribution is 0.272. The van der Waals surface area contributed by atoms with E-state index in [4.69, 9.17) is 4.99 Å². The molecule has 1 aromatic heterocycles. The third-order valence-electron chi connectivity index (χ3n) is 6.06. The summed E-state index contributed by atoms with van der Waals surface area (Å²) in [6, 6.07) is 0. The van der Waals surface area contributed by atoms with Gasteiger partial charge in [0, 0.05) is 58.7 Å². The minimum atomic E-state index is -0.0294. The number of halogens is 1. The maximum atomic E-state index is 12.3. The molecule has 0 aromatic carbocycles. The quantitative estimate of drug-likeness (QED) is 0.371. The van der Waals surface area contributed by atoms with Crippen LogP contribution in [0, 0.1) is 11.8 Å². The maximum absolute atomic E-state index is 12.3. The van der Waals surface area contributed by atoms with E-state index in [1.165, 1.54) is 32.1 Å². The highest BCUT2D eigenvalue weighted by Crippen LogP contribution is 2.30. The van der Waals surface area contributed by atoms with Gasteiger partial charge in [-0.05, 0) is 31.6 Å². The minimum absolute atomic E-state index is 0. The molecule has 0 amide bonds. The van der Waals surface area contributed by atoms with Gasteiger partial charge in [-0.25, -0.2) is 4.98 Å². The first kappa shape index (κ1) is 24.0. The molecule has 1 N–H and O–H groups in total. The van der Waals surface area contributed by atoms with E-state index in [2.05, 4.69) is 33.9 Å². The number of guanidine groups is 1. The second kappa shape index (κ2) is 11.8. The van der Waals surface area contributed by atoms with Crippen LogP contribution >= 0.6 is 24.0 Å². The number of anilines is 1. The maximum Gasteiger partial charge on any atom is 0.293 e. The van der Waals surface area contributed by atoms with Gasteiger partial charge >= 0.3 is 0 Å². The summed E-state index contributed by atoms with van der Waals surface area (Å²) in [6.07, 6.45) is 10.1. The highest BCUT2D eigenvalue weighted by Gasteiger charge is 2.23. The average Bonchev–Trinajstić information content (AvgIpc) is 2.70. The fourth-order valence-electron chi connectivity index (χ4n) is 4.43. The van der Waals surface area contributed by atoms with Gasteiger partial charge in [-0.1, -0.05) is 26.2 Å². The number of hydrogen-bond donors (Lipinski definition) is 1. The molecule has 1 aliphatic heterocycles. The van der Waals surface area contributed by atoms with Gasteiger partial charge in [-0.2, -0.15) is 0 Å². The lowest BCUT2D eigenvalue weighted by atomic mass is 9.81. The molecule has 1 saturated heterocycles. The molecular weight excluding hydrogens is 479 g/mol. The Bertz CT molecular complexity index is 713. The SMILES string of the molecule is CCNC(=NCCC1CCCC(C)C1)N1CCN(c2nccn(C)c2=O)CC1.I. The van der Waals surface area contributed by atoms with Gasteiger partial charge in [-0.15, -0.1) is 24.0 Å². The van der Waals surface area contributed by atoms with E-state index >= 15 is 0 Å². The van der Waals surface area contributed by atoms with Gasteiger partial charge in [0.15, 0.2) is 11.8 Å². The molecule has 1 aliphatic carbocycles. The number of hydrogen-bond acceptors (Lipinski definition) is 4. The van der Waals surface area contributed by atoms with Crippen molar-refractivity contribution in [3.8, 4) is 0 Å². The fourth-order valence-corrected chi connectivity index (χ4v) is 4.43. The molecule has 1 saturated carbocycles. The molecular formula is C21H37IN6O. The molecule has 0 spiro atoms. The second-order valence-corrected chi connectivity index (χ2v) is 8.30. The number of piperazine rings is 1. The largest absolute Gasteiger partial charge is 0.357 e. The van der Waals surface area contributed by atoms with E-state index in [0.717, 1.165) is 57.1 Å². The van der Waals surface area contributed by atoms with Crippen molar-refractivity contribution in [3.63, 3.8) is 0 Å². The molecule has 1 aromatic rings. The van der Waals surface area contributed by atoms with E-state index in [1.807, 2.05) is 0 Å². The molecule has 0 bridgehead atoms. The first-order valence-corrected chi connectivity index (χ1v) is 10.9. The smallest absolute Gasteiger partial charge is 0.293 e. The predicted octanol–water partition coefficient (Wildman–Crippen LogP) is 2.70. The molecule has 2 atom stereocenters. The fraction of sp³-hybridized carbons (Fsp3) is 0.762. The Hall–Kier alpha value is -1.32. The summed E-state index contributed by atoms with van der Waals surface area (Å²) in [6.45, 7) is 9.56. The van der Waals surface area contributed by atoms with Crippen LogP contribution in [-0.2, 0) is 7.05 Å². The molecule has 3 rings (SSSR count). The predicted molar refractivity (Wildman–Crippen MR) is 130 cm³/mol. The lowest BCUT2D eigenvalue weighted by Gasteiger charge is -2.36. The Labute approximate surface area is 192 Å². The van der Waals surface area contributed by atoms with Crippen molar-refractivity contribution in [2.75, 3.05) is 44.2 Å². The Morgan fingerprint density at radius 3 is 2.72 bits per heavy atom. The van der Waals surface area contributed by atoms with E-state index in [-0.39, 0.29) is 29.5 Å². The van der Waals surface area contributed by atoms with Crippen molar-refractivity contribution in [2.45, 2.75) is 46.0 Å². The number of aryl methyl sites for hydroxylation is 1. The molecule has 7 nitrogen and oxygen atoms in total. The van der Waals surface area contributed by atoms with Crippen LogP contribution in [0.3, 0.4) is 0 Å². The molecule has 29 heavy (non-hydrogen) atoms. The molecule has 2 fully saturated rings. The number of nitrogens with zero attached hydrogens (tertiary/aromatic N) is 5. The van der Waals surface area contributed by atoms with Gasteiger partial charge < -0.3 is 19.7 Å². The summed E-state index contributed by atoms with van der Waals surface area (Å²) in [5.41, 5.74) is -0.0294. The summed E-state index contributed by atoms with van der Waals surface area (Å²) in [4.78, 5) is 25.9. The highest BCUT2D eigenvalue weighted by molar-refractivity contribution is 14.0. The Morgan fingerprint density at radius 1 is 1.28 bits per heavy atom. The Balaban J connectivity index is 0.00000300. The van der Waals surface area contributed by atoms with Crippen LogP contribution in [0.1, 0.15) is 46.0 Å². The standard InChI is InChI=1S/C21H36N6O.HI/c1-4-22-21(24-9-8-18-7-5-6-17(2)16-18)27-14-12-26(13-15-27)19-20(28)25(3)11-10-23-19;/h10-11,17-18H,4-9,12-16H2,1-3H3,(H,22,24);1H. The van der Waals surface area contributed by atoms with Crippen LogP contribution in [0.15, 0.2) is 22.2 Å².